The Morgan fingerprint density at radius 3 is 2.95 bits per heavy atom. The van der Waals surface area contributed by atoms with Gasteiger partial charge in [-0.05, 0) is 36.4 Å². The average molecular weight is 276 g/mol. The van der Waals surface area contributed by atoms with Crippen LogP contribution in [0.1, 0.15) is 5.82 Å². The van der Waals surface area contributed by atoms with Gasteiger partial charge in [0.25, 0.3) is 5.56 Å². The van der Waals surface area contributed by atoms with Crippen LogP contribution in [0.3, 0.4) is 0 Å². The van der Waals surface area contributed by atoms with Gasteiger partial charge in [0, 0.05) is 13.1 Å². The molecule has 0 amide bonds. The van der Waals surface area contributed by atoms with Crippen LogP contribution in [-0.4, -0.2) is 41.0 Å². The Kier molecular flexibility index (Phi) is 2.68. The molecule has 2 N–H and O–H groups in total. The van der Waals surface area contributed by atoms with E-state index in [0.29, 0.717) is 0 Å². The minimum absolute atomic E-state index is 0.00365. The van der Waals surface area contributed by atoms with Gasteiger partial charge in [-0.15, -0.1) is 11.3 Å². The quantitative estimate of drug-likeness (QED) is 0.845. The van der Waals surface area contributed by atoms with Crippen molar-refractivity contribution < 1.29 is 0 Å². The Balaban J connectivity index is 1.57. The lowest BCUT2D eigenvalue weighted by Crippen LogP contribution is -2.27. The topological polar surface area (TPSA) is 61.0 Å². The van der Waals surface area contributed by atoms with E-state index >= 15 is 0 Å². The van der Waals surface area contributed by atoms with Crippen LogP contribution < -0.4 is 10.9 Å². The molecule has 19 heavy (non-hydrogen) atoms. The molecule has 2 atom stereocenters. The van der Waals surface area contributed by atoms with Gasteiger partial charge in [0.2, 0.25) is 0 Å². The first kappa shape index (κ1) is 11.6. The maximum Gasteiger partial charge on any atom is 0.268 e. The summed E-state index contributed by atoms with van der Waals surface area (Å²) in [7, 11) is 0. The first-order valence-electron chi connectivity index (χ1n) is 6.69. The molecule has 0 saturated carbocycles. The molecule has 0 aliphatic carbocycles. The normalized spacial score (nSPS) is 27.2. The van der Waals surface area contributed by atoms with E-state index in [1.165, 1.54) is 11.3 Å². The summed E-state index contributed by atoms with van der Waals surface area (Å²) >= 11 is 1.45. The van der Waals surface area contributed by atoms with E-state index in [2.05, 4.69) is 20.2 Å². The van der Waals surface area contributed by atoms with Crippen molar-refractivity contribution in [2.24, 2.45) is 11.8 Å². The number of aromatic nitrogens is 2. The van der Waals surface area contributed by atoms with Gasteiger partial charge in [0.1, 0.15) is 10.5 Å². The standard InChI is InChI=1S/C13H16N4OS/c18-13-12-10(1-2-19-12)15-11(16-13)7-17-5-8-3-14-4-9(8)6-17/h1-2,8-9,14H,3-7H2,(H,15,16,18)/t8-,9+. The third kappa shape index (κ3) is 2.00. The van der Waals surface area contributed by atoms with Crippen LogP contribution in [0.15, 0.2) is 16.2 Å². The van der Waals surface area contributed by atoms with Crippen LogP contribution in [0.5, 0.6) is 0 Å². The molecule has 4 rings (SSSR count). The summed E-state index contributed by atoms with van der Waals surface area (Å²) in [6.45, 7) is 5.25. The second-order valence-corrected chi connectivity index (χ2v) is 6.44. The second-order valence-electron chi connectivity index (χ2n) is 5.52. The molecule has 0 unspecified atom stereocenters. The molecule has 2 aromatic heterocycles. The monoisotopic (exact) mass is 276 g/mol. The highest BCUT2D eigenvalue weighted by atomic mass is 32.1. The molecule has 0 radical (unpaired) electrons. The minimum atomic E-state index is -0.00365. The van der Waals surface area contributed by atoms with Crippen LogP contribution in [0, 0.1) is 11.8 Å². The number of likely N-dealkylation sites (tertiary alicyclic amines) is 1. The van der Waals surface area contributed by atoms with Crippen molar-refractivity contribution in [1.82, 2.24) is 20.2 Å². The Morgan fingerprint density at radius 2 is 2.16 bits per heavy atom. The Bertz CT molecular complexity index is 652. The molecular weight excluding hydrogens is 260 g/mol. The van der Waals surface area contributed by atoms with Gasteiger partial charge in [-0.25, -0.2) is 4.98 Å². The summed E-state index contributed by atoms with van der Waals surface area (Å²) < 4.78 is 0.728. The van der Waals surface area contributed by atoms with Crippen molar-refractivity contribution in [2.45, 2.75) is 6.54 Å². The molecule has 2 aliphatic rings. The molecule has 0 bridgehead atoms. The molecular formula is C13H16N4OS. The van der Waals surface area contributed by atoms with E-state index in [9.17, 15) is 4.79 Å². The molecule has 0 aromatic carbocycles. The number of hydrogen-bond donors (Lipinski definition) is 2. The second kappa shape index (κ2) is 4.40. The largest absolute Gasteiger partial charge is 0.316 e. The zero-order chi connectivity index (χ0) is 12.8. The van der Waals surface area contributed by atoms with Crippen LogP contribution in [0.4, 0.5) is 0 Å². The minimum Gasteiger partial charge on any atom is -0.316 e. The van der Waals surface area contributed by atoms with Crippen molar-refractivity contribution in [2.75, 3.05) is 26.2 Å². The zero-order valence-corrected chi connectivity index (χ0v) is 11.4. The number of fused-ring (bicyclic) bond motifs is 2. The van der Waals surface area contributed by atoms with Crippen LogP contribution in [-0.2, 0) is 6.54 Å². The summed E-state index contributed by atoms with van der Waals surface area (Å²) in [6.07, 6.45) is 0. The summed E-state index contributed by atoms with van der Waals surface area (Å²) in [5, 5.41) is 5.36. The molecule has 6 heteroatoms. The number of hydrogen-bond acceptors (Lipinski definition) is 5. The van der Waals surface area contributed by atoms with Crippen LogP contribution in [0.25, 0.3) is 10.2 Å². The van der Waals surface area contributed by atoms with E-state index in [1.807, 2.05) is 11.4 Å². The van der Waals surface area contributed by atoms with Crippen LogP contribution in [0.2, 0.25) is 0 Å². The van der Waals surface area contributed by atoms with Gasteiger partial charge in [0.05, 0.1) is 12.1 Å². The maximum absolute atomic E-state index is 11.9. The van der Waals surface area contributed by atoms with E-state index in [-0.39, 0.29) is 5.56 Å². The fourth-order valence-corrected chi connectivity index (χ4v) is 4.02. The summed E-state index contributed by atoms with van der Waals surface area (Å²) in [5.74, 6) is 2.34. The lowest BCUT2D eigenvalue weighted by atomic mass is 10.0. The van der Waals surface area contributed by atoms with Gasteiger partial charge in [-0.3, -0.25) is 9.69 Å². The number of aromatic amines is 1. The van der Waals surface area contributed by atoms with Gasteiger partial charge < -0.3 is 10.3 Å². The van der Waals surface area contributed by atoms with E-state index in [4.69, 9.17) is 0 Å². The van der Waals surface area contributed by atoms with E-state index < -0.39 is 0 Å². The number of rotatable bonds is 2. The summed E-state index contributed by atoms with van der Waals surface area (Å²) in [6, 6.07) is 1.92. The lowest BCUT2D eigenvalue weighted by Gasteiger charge is -2.15. The van der Waals surface area contributed by atoms with Crippen molar-refractivity contribution in [3.05, 3.63) is 27.6 Å². The fraction of sp³-hybridized carbons (Fsp3) is 0.538. The molecule has 100 valence electrons. The number of nitrogens with one attached hydrogen (secondary N) is 2. The highest BCUT2D eigenvalue weighted by Gasteiger charge is 2.36. The molecule has 2 saturated heterocycles. The predicted octanol–water partition coefficient (Wildman–Crippen LogP) is 0.636. The summed E-state index contributed by atoms with van der Waals surface area (Å²) in [4.78, 5) is 21.8. The number of H-pyrrole nitrogens is 1. The predicted molar refractivity (Wildman–Crippen MR) is 75.4 cm³/mol. The highest BCUT2D eigenvalue weighted by molar-refractivity contribution is 7.17. The van der Waals surface area contributed by atoms with Crippen molar-refractivity contribution in [1.29, 1.82) is 0 Å². The van der Waals surface area contributed by atoms with Gasteiger partial charge >= 0.3 is 0 Å². The molecule has 0 spiro atoms. The molecule has 2 aromatic rings. The molecule has 2 aliphatic heterocycles. The SMILES string of the molecule is O=c1[nH]c(CN2C[C@H]3CNC[C@H]3C2)nc2ccsc12. The lowest BCUT2D eigenvalue weighted by molar-refractivity contribution is 0.298. The fourth-order valence-electron chi connectivity index (χ4n) is 3.29. The third-order valence-corrected chi connectivity index (χ3v) is 5.10. The first-order chi connectivity index (χ1) is 9.29. The van der Waals surface area contributed by atoms with Crippen molar-refractivity contribution in [3.63, 3.8) is 0 Å². The number of nitrogens with zero attached hydrogens (tertiary/aromatic N) is 2. The Morgan fingerprint density at radius 1 is 1.37 bits per heavy atom. The smallest absolute Gasteiger partial charge is 0.268 e. The van der Waals surface area contributed by atoms with Crippen molar-refractivity contribution in [3.8, 4) is 0 Å². The first-order valence-corrected chi connectivity index (χ1v) is 7.57. The third-order valence-electron chi connectivity index (χ3n) is 4.20. The zero-order valence-electron chi connectivity index (χ0n) is 10.6. The van der Waals surface area contributed by atoms with Gasteiger partial charge in [0.15, 0.2) is 0 Å². The number of thiophene rings is 1. The Labute approximate surface area is 114 Å². The summed E-state index contributed by atoms with van der Waals surface area (Å²) in [5.41, 5.74) is 0.820. The Hall–Kier alpha value is -1.24. The average Bonchev–Trinajstić information content (AvgIpc) is 3.02. The van der Waals surface area contributed by atoms with Crippen LogP contribution >= 0.6 is 11.3 Å². The van der Waals surface area contributed by atoms with Gasteiger partial charge in [-0.2, -0.15) is 0 Å². The maximum atomic E-state index is 11.9. The van der Waals surface area contributed by atoms with Crippen molar-refractivity contribution >= 4 is 21.6 Å². The highest BCUT2D eigenvalue weighted by Crippen LogP contribution is 2.27. The van der Waals surface area contributed by atoms with Gasteiger partial charge in [-0.1, -0.05) is 0 Å². The molecule has 2 fully saturated rings. The molecule has 4 heterocycles. The van der Waals surface area contributed by atoms with E-state index in [1.54, 1.807) is 0 Å². The molecule has 5 nitrogen and oxygen atoms in total. The van der Waals surface area contributed by atoms with E-state index in [0.717, 1.165) is 60.6 Å².